The number of fused-ring (bicyclic) bond motifs is 3. The number of nitrogens with two attached hydrogens (primary N) is 3. The summed E-state index contributed by atoms with van der Waals surface area (Å²) in [5.74, 6) is 4.46. The summed E-state index contributed by atoms with van der Waals surface area (Å²) in [5, 5.41) is 0.640. The highest BCUT2D eigenvalue weighted by Gasteiger charge is 2.50. The number of alkyl halides is 2. The lowest BCUT2D eigenvalue weighted by Gasteiger charge is -2.52. The summed E-state index contributed by atoms with van der Waals surface area (Å²) in [5.41, 5.74) is 11.9. The minimum absolute atomic E-state index is 0.00224. The number of hydrogen-bond acceptors (Lipinski definition) is 8. The van der Waals surface area contributed by atoms with Crippen molar-refractivity contribution < 1.29 is 27.5 Å². The minimum atomic E-state index is -3.19. The Morgan fingerprint density at radius 2 is 2.05 bits per heavy atom. The van der Waals surface area contributed by atoms with E-state index in [0.29, 0.717) is 15.5 Å². The Kier molecular flexibility index (Phi) is 7.13. The van der Waals surface area contributed by atoms with Crippen molar-refractivity contribution in [1.82, 2.24) is 19.8 Å². The van der Waals surface area contributed by atoms with Gasteiger partial charge in [-0.25, -0.2) is 25.0 Å². The van der Waals surface area contributed by atoms with Gasteiger partial charge in [-0.2, -0.15) is 8.78 Å². The summed E-state index contributed by atoms with van der Waals surface area (Å²) in [4.78, 5) is 31.9. The number of urea groups is 1. The second kappa shape index (κ2) is 10.3. The minimum Gasteiger partial charge on any atom is -0.491 e. The van der Waals surface area contributed by atoms with Gasteiger partial charge in [0, 0.05) is 36.5 Å². The standard InChI is InChI=1S/C23H20Cl2F3N7O3S/c24-11-7-10-18(16(25)15(11)9-1-2-12(26)19-17(9)32-22(30)39-19)38-6-3-13-14(8-33(13)20(10)36)35(21(27)28)23(37)34(31)5-4-29/h1-2,4-5,7,13-14,21H,3,6,8,29,31H2,(H2,30,32)/b5-4-. The molecule has 3 amide bonds. The number of amides is 3. The van der Waals surface area contributed by atoms with Crippen LogP contribution in [-0.4, -0.2) is 63.5 Å². The molecule has 1 saturated heterocycles. The van der Waals surface area contributed by atoms with Crippen LogP contribution in [0.25, 0.3) is 21.3 Å². The SMILES string of the molecule is N/C=C\N(N)C(=O)N(C(F)F)C1CN2C(=O)c3cc(Cl)c(-c4ccc(F)c5sc(N)nc45)c(Cl)c3OCCC12. The third kappa shape index (κ3) is 4.46. The van der Waals surface area contributed by atoms with Crippen molar-refractivity contribution in [2.75, 3.05) is 18.9 Å². The number of benzene rings is 2. The Labute approximate surface area is 233 Å². The van der Waals surface area contributed by atoms with Crippen molar-refractivity contribution in [2.24, 2.45) is 11.6 Å². The molecule has 5 rings (SSSR count). The summed E-state index contributed by atoms with van der Waals surface area (Å²) in [6.07, 6.45) is 1.98. The van der Waals surface area contributed by atoms with Crippen LogP contribution in [-0.2, 0) is 0 Å². The summed E-state index contributed by atoms with van der Waals surface area (Å²) >= 11 is 14.3. The topological polar surface area (TPSA) is 144 Å². The van der Waals surface area contributed by atoms with Gasteiger partial charge in [0.1, 0.15) is 5.82 Å². The van der Waals surface area contributed by atoms with Gasteiger partial charge in [-0.1, -0.05) is 34.5 Å². The number of ether oxygens (including phenoxy) is 1. The van der Waals surface area contributed by atoms with Gasteiger partial charge in [0.25, 0.3) is 5.91 Å². The Morgan fingerprint density at radius 1 is 1.31 bits per heavy atom. The number of aromatic nitrogens is 1. The molecule has 1 fully saturated rings. The number of halogens is 5. The summed E-state index contributed by atoms with van der Waals surface area (Å²) < 4.78 is 48.3. The van der Waals surface area contributed by atoms with Gasteiger partial charge in [-0.3, -0.25) is 9.69 Å². The van der Waals surface area contributed by atoms with E-state index < -0.39 is 36.4 Å². The average molecular weight is 602 g/mol. The van der Waals surface area contributed by atoms with Crippen LogP contribution in [0, 0.1) is 5.82 Å². The first-order valence-electron chi connectivity index (χ1n) is 11.4. The van der Waals surface area contributed by atoms with Crippen LogP contribution < -0.4 is 22.0 Å². The molecule has 2 atom stereocenters. The van der Waals surface area contributed by atoms with Crippen LogP contribution in [0.1, 0.15) is 16.8 Å². The van der Waals surface area contributed by atoms with Crippen molar-refractivity contribution in [3.63, 3.8) is 0 Å². The van der Waals surface area contributed by atoms with Crippen molar-refractivity contribution in [2.45, 2.75) is 25.1 Å². The molecule has 16 heteroatoms. The molecule has 2 aromatic carbocycles. The molecule has 0 aliphatic carbocycles. The van der Waals surface area contributed by atoms with Crippen LogP contribution in [0.2, 0.25) is 10.0 Å². The molecule has 0 radical (unpaired) electrons. The predicted octanol–water partition coefficient (Wildman–Crippen LogP) is 4.22. The van der Waals surface area contributed by atoms with Crippen molar-refractivity contribution in [3.05, 3.63) is 52.0 Å². The van der Waals surface area contributed by atoms with E-state index in [9.17, 15) is 22.8 Å². The van der Waals surface area contributed by atoms with Crippen LogP contribution in [0.3, 0.4) is 0 Å². The zero-order valence-corrected chi connectivity index (χ0v) is 22.1. The van der Waals surface area contributed by atoms with E-state index in [1.54, 1.807) is 0 Å². The number of hydrazine groups is 1. The molecule has 2 aliphatic heterocycles. The monoisotopic (exact) mass is 601 g/mol. The number of nitrogen functional groups attached to an aromatic ring is 1. The molecule has 3 aromatic rings. The van der Waals surface area contributed by atoms with E-state index in [0.717, 1.165) is 23.7 Å². The maximum atomic E-state index is 14.4. The zero-order valence-electron chi connectivity index (χ0n) is 19.8. The molecule has 2 unspecified atom stereocenters. The Balaban J connectivity index is 1.50. The fraction of sp³-hybridized carbons (Fsp3) is 0.261. The molecule has 0 spiro atoms. The van der Waals surface area contributed by atoms with Crippen molar-refractivity contribution in [1.29, 1.82) is 0 Å². The van der Waals surface area contributed by atoms with Gasteiger partial charge in [0.15, 0.2) is 10.9 Å². The Bertz CT molecular complexity index is 1520. The smallest absolute Gasteiger partial charge is 0.343 e. The average Bonchev–Trinajstić information content (AvgIpc) is 3.27. The lowest BCUT2D eigenvalue weighted by Crippen LogP contribution is -2.71. The third-order valence-corrected chi connectivity index (χ3v) is 8.14. The van der Waals surface area contributed by atoms with Crippen LogP contribution in [0.5, 0.6) is 5.75 Å². The van der Waals surface area contributed by atoms with Crippen LogP contribution in [0.15, 0.2) is 30.6 Å². The first kappa shape index (κ1) is 27.1. The van der Waals surface area contributed by atoms with Gasteiger partial charge in [0.2, 0.25) is 0 Å². The third-order valence-electron chi connectivity index (χ3n) is 6.59. The number of rotatable bonds is 4. The van der Waals surface area contributed by atoms with Crippen LogP contribution in [0.4, 0.5) is 23.1 Å². The fourth-order valence-electron chi connectivity index (χ4n) is 4.82. The molecule has 2 aliphatic rings. The lowest BCUT2D eigenvalue weighted by molar-refractivity contribution is -0.0920. The molecule has 0 saturated carbocycles. The Hall–Kier alpha value is -3.46. The number of carbonyl (C=O) groups is 2. The molecule has 10 nitrogen and oxygen atoms in total. The van der Waals surface area contributed by atoms with Gasteiger partial charge >= 0.3 is 12.6 Å². The van der Waals surface area contributed by atoms with Crippen molar-refractivity contribution in [3.8, 4) is 16.9 Å². The van der Waals surface area contributed by atoms with Crippen molar-refractivity contribution >= 4 is 61.8 Å². The number of anilines is 1. The van der Waals surface area contributed by atoms with E-state index in [4.69, 9.17) is 45.2 Å². The molecular weight excluding hydrogens is 582 g/mol. The molecule has 3 heterocycles. The Morgan fingerprint density at radius 3 is 2.74 bits per heavy atom. The fourth-order valence-corrected chi connectivity index (χ4v) is 6.30. The summed E-state index contributed by atoms with van der Waals surface area (Å²) in [7, 11) is 0. The van der Waals surface area contributed by atoms with E-state index in [2.05, 4.69) is 4.98 Å². The number of thiazole rings is 1. The van der Waals surface area contributed by atoms with E-state index in [-0.39, 0.29) is 61.8 Å². The maximum Gasteiger partial charge on any atom is 0.343 e. The summed E-state index contributed by atoms with van der Waals surface area (Å²) in [6.45, 7) is -3.40. The maximum absolute atomic E-state index is 14.4. The van der Waals surface area contributed by atoms with Gasteiger partial charge in [-0.05, 0) is 18.2 Å². The summed E-state index contributed by atoms with van der Waals surface area (Å²) in [6, 6.07) is 1.04. The molecule has 39 heavy (non-hydrogen) atoms. The van der Waals surface area contributed by atoms with E-state index in [1.807, 2.05) is 0 Å². The highest BCUT2D eigenvalue weighted by atomic mass is 35.5. The zero-order chi connectivity index (χ0) is 28.2. The predicted molar refractivity (Wildman–Crippen MR) is 141 cm³/mol. The lowest BCUT2D eigenvalue weighted by atomic mass is 9.89. The highest BCUT2D eigenvalue weighted by Crippen LogP contribution is 2.47. The van der Waals surface area contributed by atoms with E-state index in [1.165, 1.54) is 23.1 Å². The first-order chi connectivity index (χ1) is 18.5. The van der Waals surface area contributed by atoms with Crippen LogP contribution >= 0.6 is 34.5 Å². The van der Waals surface area contributed by atoms with Gasteiger partial charge in [0.05, 0.1) is 44.5 Å². The first-order valence-corrected chi connectivity index (χ1v) is 13.0. The normalized spacial score (nSPS) is 18.8. The molecule has 6 N–H and O–H groups in total. The second-order valence-corrected chi connectivity index (χ2v) is 10.5. The largest absolute Gasteiger partial charge is 0.491 e. The molecular formula is C23H20Cl2F3N7O3S. The van der Waals surface area contributed by atoms with E-state index >= 15 is 0 Å². The number of nitrogens with zero attached hydrogens (tertiary/aromatic N) is 4. The quantitative estimate of drug-likeness (QED) is 0.176. The highest BCUT2D eigenvalue weighted by molar-refractivity contribution is 7.22. The molecule has 0 bridgehead atoms. The number of hydrogen-bond donors (Lipinski definition) is 3. The number of carbonyl (C=O) groups excluding carboxylic acids is 2. The molecule has 206 valence electrons. The van der Waals surface area contributed by atoms with Gasteiger partial charge in [-0.15, -0.1) is 0 Å². The molecule has 1 aromatic heterocycles. The van der Waals surface area contributed by atoms with Gasteiger partial charge < -0.3 is 21.1 Å². The second-order valence-electron chi connectivity index (χ2n) is 8.69.